The SMILES string of the molecule is FC(F)(F)c1ccc2nc3c(nc2c1)N(c1ccc2ccccc2c1)c1nc2ccc(C(F)(F)F)cc2nc1N3c1ccc2ccccc2c1. The lowest BCUT2D eigenvalue weighted by atomic mass is 10.1. The summed E-state index contributed by atoms with van der Waals surface area (Å²) in [5.74, 6) is 0.726. The third kappa shape index (κ3) is 4.82. The van der Waals surface area contributed by atoms with Crippen LogP contribution in [0.25, 0.3) is 43.6 Å². The standard InChI is InChI=1S/C38H20F6N6/c39-37(40,41)25-12-16-30-31(19-25)47-35-34(46-30)50(28-14-10-22-6-2-4-8-24(22)18-28)36-33(45-29-15-11-26(38(42,43)44)20-32(29)48-36)49(35)27-13-9-21-5-1-3-7-23(21)17-27/h1-20H. The van der Waals surface area contributed by atoms with Gasteiger partial charge in [-0.3, -0.25) is 9.80 Å². The highest BCUT2D eigenvalue weighted by molar-refractivity contribution is 6.02. The molecule has 3 heterocycles. The van der Waals surface area contributed by atoms with Crippen molar-refractivity contribution in [2.45, 2.75) is 12.4 Å². The quantitative estimate of drug-likeness (QED) is 0.170. The van der Waals surface area contributed by atoms with Crippen molar-refractivity contribution in [3.8, 4) is 0 Å². The van der Waals surface area contributed by atoms with Gasteiger partial charge < -0.3 is 0 Å². The van der Waals surface area contributed by atoms with Gasteiger partial charge in [0.05, 0.1) is 33.2 Å². The summed E-state index contributed by atoms with van der Waals surface area (Å²) in [5, 5.41) is 3.61. The first-order valence-electron chi connectivity index (χ1n) is 15.4. The third-order valence-corrected chi connectivity index (χ3v) is 8.74. The zero-order chi connectivity index (χ0) is 34.4. The van der Waals surface area contributed by atoms with E-state index in [1.165, 1.54) is 12.1 Å². The van der Waals surface area contributed by atoms with Crippen LogP contribution in [0.2, 0.25) is 0 Å². The minimum atomic E-state index is -4.62. The normalized spacial score (nSPS) is 13.3. The second-order valence-corrected chi connectivity index (χ2v) is 11.9. The summed E-state index contributed by atoms with van der Waals surface area (Å²) in [7, 11) is 0. The predicted octanol–water partition coefficient (Wildman–Crippen LogP) is 11.2. The molecule has 0 amide bonds. The number of hydrogen-bond acceptors (Lipinski definition) is 6. The van der Waals surface area contributed by atoms with E-state index in [9.17, 15) is 26.3 Å². The maximum absolute atomic E-state index is 13.8. The Kier molecular flexibility index (Phi) is 6.32. The number of aromatic nitrogens is 4. The van der Waals surface area contributed by atoms with Gasteiger partial charge in [-0.1, -0.05) is 60.7 Å². The van der Waals surface area contributed by atoms with Gasteiger partial charge in [-0.2, -0.15) is 26.3 Å². The Hall–Kier alpha value is -6.30. The first kappa shape index (κ1) is 29.8. The second kappa shape index (κ2) is 10.6. The maximum Gasteiger partial charge on any atom is 0.416 e. The lowest BCUT2D eigenvalue weighted by Gasteiger charge is -2.37. The van der Waals surface area contributed by atoms with Gasteiger partial charge in [-0.05, 0) is 82.2 Å². The summed E-state index contributed by atoms with van der Waals surface area (Å²) < 4.78 is 83.1. The summed E-state index contributed by atoms with van der Waals surface area (Å²) >= 11 is 0. The number of rotatable bonds is 2. The van der Waals surface area contributed by atoms with E-state index >= 15 is 0 Å². The molecule has 0 saturated carbocycles. The Morgan fingerprint density at radius 1 is 0.360 bits per heavy atom. The summed E-state index contributed by atoms with van der Waals surface area (Å²) in [6, 6.07) is 32.7. The number of fused-ring (bicyclic) bond motifs is 6. The summed E-state index contributed by atoms with van der Waals surface area (Å²) in [6.07, 6.45) is -9.24. The molecular weight excluding hydrogens is 654 g/mol. The van der Waals surface area contributed by atoms with E-state index in [1.807, 2.05) is 84.9 Å². The number of nitrogens with zero attached hydrogens (tertiary/aromatic N) is 6. The van der Waals surface area contributed by atoms with Gasteiger partial charge in [-0.25, -0.2) is 19.9 Å². The van der Waals surface area contributed by atoms with Crippen molar-refractivity contribution < 1.29 is 26.3 Å². The highest BCUT2D eigenvalue weighted by Gasteiger charge is 2.38. The molecule has 6 nitrogen and oxygen atoms in total. The van der Waals surface area contributed by atoms with E-state index in [2.05, 4.69) is 0 Å². The van der Waals surface area contributed by atoms with Crippen molar-refractivity contribution in [3.05, 3.63) is 132 Å². The van der Waals surface area contributed by atoms with E-state index in [-0.39, 0.29) is 45.3 Å². The first-order valence-corrected chi connectivity index (χ1v) is 15.4. The molecule has 9 rings (SSSR count). The lowest BCUT2D eigenvalue weighted by Crippen LogP contribution is -2.28. The van der Waals surface area contributed by atoms with Crippen LogP contribution in [0.5, 0.6) is 0 Å². The van der Waals surface area contributed by atoms with Crippen molar-refractivity contribution >= 4 is 78.3 Å². The fourth-order valence-corrected chi connectivity index (χ4v) is 6.35. The summed E-state index contributed by atoms with van der Waals surface area (Å²) in [6.45, 7) is 0. The number of benzene rings is 6. The Morgan fingerprint density at radius 3 is 1.10 bits per heavy atom. The molecular formula is C38H20F6N6. The molecule has 0 bridgehead atoms. The Balaban J connectivity index is 1.39. The molecule has 244 valence electrons. The molecule has 0 atom stereocenters. The Bertz CT molecular complexity index is 2490. The van der Waals surface area contributed by atoms with Crippen molar-refractivity contribution in [3.63, 3.8) is 0 Å². The van der Waals surface area contributed by atoms with Crippen LogP contribution in [0.4, 0.5) is 61.0 Å². The van der Waals surface area contributed by atoms with Gasteiger partial charge in [-0.15, -0.1) is 0 Å². The smallest absolute Gasteiger partial charge is 0.273 e. The topological polar surface area (TPSA) is 58.0 Å². The van der Waals surface area contributed by atoms with Gasteiger partial charge in [0.1, 0.15) is 0 Å². The monoisotopic (exact) mass is 674 g/mol. The fraction of sp³-hybridized carbons (Fsp3) is 0.0526. The zero-order valence-electron chi connectivity index (χ0n) is 25.5. The van der Waals surface area contributed by atoms with E-state index in [4.69, 9.17) is 19.9 Å². The molecule has 0 radical (unpaired) electrons. The van der Waals surface area contributed by atoms with Crippen molar-refractivity contribution in [1.82, 2.24) is 19.9 Å². The highest BCUT2D eigenvalue weighted by Crippen LogP contribution is 2.52. The van der Waals surface area contributed by atoms with Crippen LogP contribution < -0.4 is 9.80 Å². The minimum absolute atomic E-state index is 0.00477. The molecule has 0 unspecified atom stereocenters. The van der Waals surface area contributed by atoms with Crippen molar-refractivity contribution in [2.75, 3.05) is 9.80 Å². The van der Waals surface area contributed by atoms with Crippen molar-refractivity contribution in [2.24, 2.45) is 0 Å². The first-order chi connectivity index (χ1) is 24.0. The zero-order valence-corrected chi connectivity index (χ0v) is 25.5. The molecule has 8 aromatic rings. The molecule has 2 aromatic heterocycles. The average molecular weight is 675 g/mol. The fourth-order valence-electron chi connectivity index (χ4n) is 6.35. The average Bonchev–Trinajstić information content (AvgIpc) is 3.10. The number of halogens is 6. The van der Waals surface area contributed by atoms with Gasteiger partial charge >= 0.3 is 12.4 Å². The predicted molar refractivity (Wildman–Crippen MR) is 181 cm³/mol. The molecule has 50 heavy (non-hydrogen) atoms. The molecule has 0 saturated heterocycles. The minimum Gasteiger partial charge on any atom is -0.273 e. The van der Waals surface area contributed by atoms with Gasteiger partial charge in [0.15, 0.2) is 23.3 Å². The molecule has 6 aromatic carbocycles. The van der Waals surface area contributed by atoms with E-state index in [0.717, 1.165) is 45.8 Å². The Morgan fingerprint density at radius 2 is 0.720 bits per heavy atom. The third-order valence-electron chi connectivity index (χ3n) is 8.74. The number of alkyl halides is 6. The van der Waals surface area contributed by atoms with Crippen molar-refractivity contribution in [1.29, 1.82) is 0 Å². The van der Waals surface area contributed by atoms with Crippen LogP contribution in [0, 0.1) is 0 Å². The molecule has 0 N–H and O–H groups in total. The largest absolute Gasteiger partial charge is 0.416 e. The molecule has 0 fully saturated rings. The van der Waals surface area contributed by atoms with Crippen LogP contribution >= 0.6 is 0 Å². The van der Waals surface area contributed by atoms with Crippen LogP contribution in [-0.2, 0) is 12.4 Å². The van der Waals surface area contributed by atoms with Crippen LogP contribution in [0.15, 0.2) is 121 Å². The molecule has 0 aliphatic carbocycles. The summed E-state index contributed by atoms with van der Waals surface area (Å²) in [5.41, 5.74) is -0.327. The molecule has 0 spiro atoms. The van der Waals surface area contributed by atoms with Gasteiger partial charge in [0, 0.05) is 11.4 Å². The number of hydrogen-bond donors (Lipinski definition) is 0. The lowest BCUT2D eigenvalue weighted by molar-refractivity contribution is -0.138. The van der Waals surface area contributed by atoms with Crippen LogP contribution in [0.1, 0.15) is 11.1 Å². The second-order valence-electron chi connectivity index (χ2n) is 11.9. The highest BCUT2D eigenvalue weighted by atomic mass is 19.4. The van der Waals surface area contributed by atoms with E-state index in [1.54, 1.807) is 9.80 Å². The van der Waals surface area contributed by atoms with Crippen LogP contribution in [-0.4, -0.2) is 19.9 Å². The number of anilines is 6. The Labute approximate surface area is 278 Å². The van der Waals surface area contributed by atoms with Gasteiger partial charge in [0.2, 0.25) is 0 Å². The molecule has 12 heteroatoms. The maximum atomic E-state index is 13.8. The molecule has 1 aliphatic rings. The summed E-state index contributed by atoms with van der Waals surface area (Å²) in [4.78, 5) is 22.6. The molecule has 1 aliphatic heterocycles. The van der Waals surface area contributed by atoms with E-state index in [0.29, 0.717) is 11.4 Å². The van der Waals surface area contributed by atoms with Crippen LogP contribution in [0.3, 0.4) is 0 Å². The van der Waals surface area contributed by atoms with Gasteiger partial charge in [0.25, 0.3) is 0 Å². The van der Waals surface area contributed by atoms with E-state index < -0.39 is 23.5 Å².